The summed E-state index contributed by atoms with van der Waals surface area (Å²) in [5.74, 6) is 1.13. The molecule has 0 saturated heterocycles. The van der Waals surface area contributed by atoms with E-state index < -0.39 is 0 Å². The van der Waals surface area contributed by atoms with E-state index in [4.69, 9.17) is 15.5 Å². The van der Waals surface area contributed by atoms with Crippen molar-refractivity contribution in [1.82, 2.24) is 9.55 Å². The average molecular weight is 369 g/mol. The van der Waals surface area contributed by atoms with Gasteiger partial charge in [-0.3, -0.25) is 9.36 Å². The van der Waals surface area contributed by atoms with Crippen LogP contribution in [-0.4, -0.2) is 16.7 Å². The van der Waals surface area contributed by atoms with Gasteiger partial charge in [0.15, 0.2) is 0 Å². The van der Waals surface area contributed by atoms with E-state index in [2.05, 4.69) is 0 Å². The van der Waals surface area contributed by atoms with Crippen molar-refractivity contribution in [2.75, 3.05) is 12.8 Å². The van der Waals surface area contributed by atoms with Gasteiger partial charge in [0, 0.05) is 5.56 Å². The standard InChI is InChI=1S/C23H19N3O2/c1-28-20-13-7-8-16(22(20)24)14-15-21-25-19-12-6-5-11-18(19)23(27)26(21)17-9-3-2-4-10-17/h2-15H,24H2,1H3. The van der Waals surface area contributed by atoms with Crippen molar-refractivity contribution in [3.8, 4) is 11.4 Å². The molecular weight excluding hydrogens is 350 g/mol. The molecule has 0 aliphatic heterocycles. The van der Waals surface area contributed by atoms with Crippen LogP contribution in [0.1, 0.15) is 11.4 Å². The molecule has 0 atom stereocenters. The number of nitrogen functional groups attached to an aromatic ring is 1. The summed E-state index contributed by atoms with van der Waals surface area (Å²) < 4.78 is 6.88. The number of benzene rings is 3. The van der Waals surface area contributed by atoms with Gasteiger partial charge in [0.25, 0.3) is 5.56 Å². The van der Waals surface area contributed by atoms with Gasteiger partial charge in [-0.2, -0.15) is 0 Å². The van der Waals surface area contributed by atoms with Gasteiger partial charge in [0.2, 0.25) is 0 Å². The molecule has 4 rings (SSSR count). The highest BCUT2D eigenvalue weighted by atomic mass is 16.5. The third-order valence-corrected chi connectivity index (χ3v) is 4.55. The van der Waals surface area contributed by atoms with E-state index in [0.29, 0.717) is 28.2 Å². The van der Waals surface area contributed by atoms with Crippen molar-refractivity contribution in [1.29, 1.82) is 0 Å². The Bertz CT molecular complexity index is 1230. The summed E-state index contributed by atoms with van der Waals surface area (Å²) in [7, 11) is 1.58. The fourth-order valence-corrected chi connectivity index (χ4v) is 3.14. The molecule has 5 nitrogen and oxygen atoms in total. The van der Waals surface area contributed by atoms with E-state index in [1.54, 1.807) is 29.9 Å². The number of methoxy groups -OCH3 is 1. The topological polar surface area (TPSA) is 70.1 Å². The zero-order chi connectivity index (χ0) is 19.5. The molecule has 3 aromatic carbocycles. The van der Waals surface area contributed by atoms with Crippen molar-refractivity contribution in [3.63, 3.8) is 0 Å². The SMILES string of the molecule is COc1cccc(C=Cc2nc3ccccc3c(=O)n2-c2ccccc2)c1N. The smallest absolute Gasteiger partial charge is 0.266 e. The third kappa shape index (κ3) is 3.14. The van der Waals surface area contributed by atoms with E-state index in [9.17, 15) is 4.79 Å². The first-order chi connectivity index (χ1) is 13.7. The molecule has 0 radical (unpaired) electrons. The zero-order valence-corrected chi connectivity index (χ0v) is 15.4. The Hall–Kier alpha value is -3.86. The van der Waals surface area contributed by atoms with Crippen LogP contribution in [0.5, 0.6) is 5.75 Å². The van der Waals surface area contributed by atoms with Gasteiger partial charge in [-0.15, -0.1) is 0 Å². The first-order valence-corrected chi connectivity index (χ1v) is 8.87. The van der Waals surface area contributed by atoms with Crippen molar-refractivity contribution in [2.45, 2.75) is 0 Å². The summed E-state index contributed by atoms with van der Waals surface area (Å²) in [6, 6.07) is 22.4. The fraction of sp³-hybridized carbons (Fsp3) is 0.0435. The summed E-state index contributed by atoms with van der Waals surface area (Å²) in [4.78, 5) is 17.9. The number of ether oxygens (including phenoxy) is 1. The normalized spacial score (nSPS) is 11.2. The van der Waals surface area contributed by atoms with E-state index >= 15 is 0 Å². The maximum Gasteiger partial charge on any atom is 0.266 e. The first kappa shape index (κ1) is 17.5. The lowest BCUT2D eigenvalue weighted by Crippen LogP contribution is -2.22. The highest BCUT2D eigenvalue weighted by Gasteiger charge is 2.11. The number of para-hydroxylation sites is 3. The van der Waals surface area contributed by atoms with Gasteiger partial charge in [-0.05, 0) is 42.5 Å². The molecule has 0 unspecified atom stereocenters. The second-order valence-corrected chi connectivity index (χ2v) is 6.26. The van der Waals surface area contributed by atoms with Gasteiger partial charge in [-0.25, -0.2) is 4.98 Å². The molecule has 5 heteroatoms. The molecule has 4 aromatic rings. The number of anilines is 1. The Morgan fingerprint density at radius 3 is 2.46 bits per heavy atom. The molecule has 138 valence electrons. The molecule has 28 heavy (non-hydrogen) atoms. The van der Waals surface area contributed by atoms with Gasteiger partial charge >= 0.3 is 0 Å². The van der Waals surface area contributed by atoms with E-state index in [0.717, 1.165) is 11.3 Å². The van der Waals surface area contributed by atoms with Crippen molar-refractivity contribution >= 4 is 28.7 Å². The molecule has 0 bridgehead atoms. The lowest BCUT2D eigenvalue weighted by atomic mass is 10.1. The van der Waals surface area contributed by atoms with E-state index in [-0.39, 0.29) is 5.56 Å². The fourth-order valence-electron chi connectivity index (χ4n) is 3.14. The van der Waals surface area contributed by atoms with Gasteiger partial charge in [-0.1, -0.05) is 42.5 Å². The Labute approximate surface area is 162 Å². The minimum absolute atomic E-state index is 0.116. The molecule has 0 aliphatic rings. The largest absolute Gasteiger partial charge is 0.495 e. The van der Waals surface area contributed by atoms with Crippen LogP contribution in [0.25, 0.3) is 28.7 Å². The second-order valence-electron chi connectivity index (χ2n) is 6.26. The Balaban J connectivity index is 1.92. The minimum Gasteiger partial charge on any atom is -0.495 e. The highest BCUT2D eigenvalue weighted by Crippen LogP contribution is 2.26. The van der Waals surface area contributed by atoms with Crippen LogP contribution in [0.3, 0.4) is 0 Å². The molecule has 0 fully saturated rings. The maximum atomic E-state index is 13.2. The molecule has 0 amide bonds. The Kier molecular flexibility index (Phi) is 4.64. The maximum absolute atomic E-state index is 13.2. The molecule has 0 aliphatic carbocycles. The number of aromatic nitrogens is 2. The summed E-state index contributed by atoms with van der Waals surface area (Å²) in [5, 5.41) is 0.574. The molecule has 1 aromatic heterocycles. The number of hydrogen-bond acceptors (Lipinski definition) is 4. The predicted octanol–water partition coefficient (Wildman–Crippen LogP) is 4.15. The van der Waals surface area contributed by atoms with Crippen LogP contribution in [-0.2, 0) is 0 Å². The van der Waals surface area contributed by atoms with Crippen LogP contribution < -0.4 is 16.0 Å². The summed E-state index contributed by atoms with van der Waals surface area (Å²) in [5.41, 5.74) is 8.78. The minimum atomic E-state index is -0.116. The van der Waals surface area contributed by atoms with Crippen LogP contribution in [0.4, 0.5) is 5.69 Å². The van der Waals surface area contributed by atoms with Crippen molar-refractivity contribution in [3.05, 3.63) is 94.5 Å². The highest BCUT2D eigenvalue weighted by molar-refractivity contribution is 5.81. The number of nitrogens with zero attached hydrogens (tertiary/aromatic N) is 2. The molecule has 0 spiro atoms. The number of fused-ring (bicyclic) bond motifs is 1. The Morgan fingerprint density at radius 1 is 0.929 bits per heavy atom. The molecule has 0 saturated carbocycles. The quantitative estimate of drug-likeness (QED) is 0.549. The average Bonchev–Trinajstić information content (AvgIpc) is 2.74. The number of hydrogen-bond donors (Lipinski definition) is 1. The van der Waals surface area contributed by atoms with E-state index in [1.807, 2.05) is 66.7 Å². The third-order valence-electron chi connectivity index (χ3n) is 4.55. The van der Waals surface area contributed by atoms with Crippen molar-refractivity contribution < 1.29 is 4.74 Å². The second kappa shape index (κ2) is 7.40. The van der Waals surface area contributed by atoms with Crippen LogP contribution in [0.15, 0.2) is 77.6 Å². The summed E-state index contributed by atoms with van der Waals surface area (Å²) in [6.45, 7) is 0. The van der Waals surface area contributed by atoms with Crippen LogP contribution >= 0.6 is 0 Å². The first-order valence-electron chi connectivity index (χ1n) is 8.87. The number of nitrogens with two attached hydrogens (primary N) is 1. The van der Waals surface area contributed by atoms with Crippen LogP contribution in [0, 0.1) is 0 Å². The molecular formula is C23H19N3O2. The van der Waals surface area contributed by atoms with Crippen molar-refractivity contribution in [2.24, 2.45) is 0 Å². The van der Waals surface area contributed by atoms with Gasteiger partial charge < -0.3 is 10.5 Å². The number of rotatable bonds is 4. The summed E-state index contributed by atoms with van der Waals surface area (Å²) >= 11 is 0. The lowest BCUT2D eigenvalue weighted by Gasteiger charge is -2.11. The molecule has 1 heterocycles. The monoisotopic (exact) mass is 369 g/mol. The zero-order valence-electron chi connectivity index (χ0n) is 15.4. The lowest BCUT2D eigenvalue weighted by molar-refractivity contribution is 0.417. The summed E-state index contributed by atoms with van der Waals surface area (Å²) in [6.07, 6.45) is 3.64. The van der Waals surface area contributed by atoms with Gasteiger partial charge in [0.1, 0.15) is 11.6 Å². The van der Waals surface area contributed by atoms with Crippen LogP contribution in [0.2, 0.25) is 0 Å². The van der Waals surface area contributed by atoms with E-state index in [1.165, 1.54) is 0 Å². The Morgan fingerprint density at radius 2 is 1.68 bits per heavy atom. The van der Waals surface area contributed by atoms with Gasteiger partial charge in [0.05, 0.1) is 29.4 Å². The predicted molar refractivity (Wildman–Crippen MR) is 114 cm³/mol. The molecule has 2 N–H and O–H groups in total.